The molecule has 0 bridgehead atoms. The molecule has 130 valence electrons. The molecule has 0 fully saturated rings. The van der Waals surface area contributed by atoms with Crippen LogP contribution in [0.15, 0.2) is 36.5 Å². The molecule has 0 aliphatic carbocycles. The summed E-state index contributed by atoms with van der Waals surface area (Å²) in [7, 11) is 0. The van der Waals surface area contributed by atoms with Crippen LogP contribution in [0.25, 0.3) is 10.9 Å². The molecule has 1 aromatic carbocycles. The van der Waals surface area contributed by atoms with Gasteiger partial charge in [-0.2, -0.15) is 0 Å². The van der Waals surface area contributed by atoms with Crippen molar-refractivity contribution in [2.24, 2.45) is 5.41 Å². The highest BCUT2D eigenvalue weighted by molar-refractivity contribution is 5.82. The number of benzene rings is 1. The topological polar surface area (TPSA) is 74.2 Å². The van der Waals surface area contributed by atoms with Crippen molar-refractivity contribution in [3.63, 3.8) is 0 Å². The van der Waals surface area contributed by atoms with Gasteiger partial charge in [-0.25, -0.2) is 4.79 Å². The zero-order valence-electron chi connectivity index (χ0n) is 14.5. The molecule has 0 saturated heterocycles. The van der Waals surface area contributed by atoms with E-state index >= 15 is 0 Å². The fourth-order valence-corrected chi connectivity index (χ4v) is 2.99. The van der Waals surface area contributed by atoms with Crippen molar-refractivity contribution in [3.8, 4) is 0 Å². The van der Waals surface area contributed by atoms with Crippen LogP contribution in [-0.4, -0.2) is 29.3 Å². The minimum absolute atomic E-state index is 0.0323. The van der Waals surface area contributed by atoms with E-state index in [9.17, 15) is 9.90 Å². The Bertz CT molecular complexity index is 663. The standard InChI is InChI=1S/C19H27N3O2/c1-3-19(4-2,10-12-23)14-22-18(24)21-13-15-9-11-20-17-8-6-5-7-16(15)17/h5-9,11,23H,3-4,10,12-14H2,1-2H3,(H2,21,22,24). The van der Waals surface area contributed by atoms with E-state index in [0.717, 1.165) is 29.3 Å². The van der Waals surface area contributed by atoms with E-state index < -0.39 is 0 Å². The van der Waals surface area contributed by atoms with Crippen molar-refractivity contribution >= 4 is 16.9 Å². The molecule has 3 N–H and O–H groups in total. The highest BCUT2D eigenvalue weighted by Crippen LogP contribution is 2.29. The third-order valence-corrected chi connectivity index (χ3v) is 4.94. The van der Waals surface area contributed by atoms with E-state index in [2.05, 4.69) is 29.5 Å². The molecular weight excluding hydrogens is 302 g/mol. The van der Waals surface area contributed by atoms with Gasteiger partial charge in [-0.05, 0) is 42.4 Å². The number of aliphatic hydroxyl groups excluding tert-OH is 1. The number of nitrogens with zero attached hydrogens (tertiary/aromatic N) is 1. The summed E-state index contributed by atoms with van der Waals surface area (Å²) >= 11 is 0. The first-order chi connectivity index (χ1) is 11.6. The third kappa shape index (κ3) is 4.45. The molecule has 0 unspecified atom stereocenters. The average molecular weight is 329 g/mol. The fourth-order valence-electron chi connectivity index (χ4n) is 2.99. The van der Waals surface area contributed by atoms with Crippen molar-refractivity contribution in [2.75, 3.05) is 13.2 Å². The number of hydrogen-bond donors (Lipinski definition) is 3. The second kappa shape index (κ2) is 8.64. The predicted molar refractivity (Wildman–Crippen MR) is 96.7 cm³/mol. The van der Waals surface area contributed by atoms with Gasteiger partial charge in [0.2, 0.25) is 0 Å². The molecular formula is C19H27N3O2. The van der Waals surface area contributed by atoms with Crippen LogP contribution in [0.4, 0.5) is 4.79 Å². The lowest BCUT2D eigenvalue weighted by Gasteiger charge is -2.31. The quantitative estimate of drug-likeness (QED) is 0.696. The first kappa shape index (κ1) is 18.2. The van der Waals surface area contributed by atoms with Gasteiger partial charge in [-0.1, -0.05) is 32.0 Å². The predicted octanol–water partition coefficient (Wildman–Crippen LogP) is 3.22. The maximum atomic E-state index is 12.1. The molecule has 0 saturated carbocycles. The summed E-state index contributed by atoms with van der Waals surface area (Å²) in [4.78, 5) is 16.5. The summed E-state index contributed by atoms with van der Waals surface area (Å²) in [5, 5.41) is 16.2. The van der Waals surface area contributed by atoms with Crippen LogP contribution >= 0.6 is 0 Å². The molecule has 2 rings (SSSR count). The Morgan fingerprint density at radius 1 is 1.17 bits per heavy atom. The zero-order valence-corrected chi connectivity index (χ0v) is 14.5. The second-order valence-corrected chi connectivity index (χ2v) is 6.20. The lowest BCUT2D eigenvalue weighted by atomic mass is 9.79. The Labute approximate surface area is 143 Å². The Morgan fingerprint density at radius 3 is 2.62 bits per heavy atom. The Hall–Kier alpha value is -2.14. The van der Waals surface area contributed by atoms with Gasteiger partial charge < -0.3 is 15.7 Å². The van der Waals surface area contributed by atoms with Gasteiger partial charge in [0.1, 0.15) is 0 Å². The van der Waals surface area contributed by atoms with E-state index in [1.165, 1.54) is 0 Å². The van der Waals surface area contributed by atoms with Crippen LogP contribution in [0.3, 0.4) is 0 Å². The minimum Gasteiger partial charge on any atom is -0.396 e. The first-order valence-corrected chi connectivity index (χ1v) is 8.59. The lowest BCUT2D eigenvalue weighted by Crippen LogP contribution is -2.42. The lowest BCUT2D eigenvalue weighted by molar-refractivity contribution is 0.163. The number of pyridine rings is 1. The van der Waals surface area contributed by atoms with Crippen LogP contribution < -0.4 is 10.6 Å². The summed E-state index contributed by atoms with van der Waals surface area (Å²) < 4.78 is 0. The van der Waals surface area contributed by atoms with Crippen LogP contribution in [0.1, 0.15) is 38.7 Å². The number of nitrogens with one attached hydrogen (secondary N) is 2. The van der Waals surface area contributed by atoms with Gasteiger partial charge in [-0.3, -0.25) is 4.98 Å². The van der Waals surface area contributed by atoms with Crippen LogP contribution in [0.2, 0.25) is 0 Å². The number of aliphatic hydroxyl groups is 1. The van der Waals surface area contributed by atoms with E-state index in [1.54, 1.807) is 6.20 Å². The van der Waals surface area contributed by atoms with E-state index in [4.69, 9.17) is 0 Å². The van der Waals surface area contributed by atoms with Gasteiger partial charge >= 0.3 is 6.03 Å². The number of amides is 2. The molecule has 5 nitrogen and oxygen atoms in total. The fraction of sp³-hybridized carbons (Fsp3) is 0.474. The maximum Gasteiger partial charge on any atom is 0.315 e. The van der Waals surface area contributed by atoms with Crippen LogP contribution in [-0.2, 0) is 6.54 Å². The summed E-state index contributed by atoms with van der Waals surface area (Å²) in [6.45, 7) is 5.38. The summed E-state index contributed by atoms with van der Waals surface area (Å²) in [5.74, 6) is 0. The van der Waals surface area contributed by atoms with Gasteiger partial charge in [-0.15, -0.1) is 0 Å². The van der Waals surface area contributed by atoms with Crippen molar-refractivity contribution in [2.45, 2.75) is 39.7 Å². The minimum atomic E-state index is -0.180. The van der Waals surface area contributed by atoms with Crippen molar-refractivity contribution in [3.05, 3.63) is 42.1 Å². The molecule has 2 aromatic rings. The Morgan fingerprint density at radius 2 is 1.92 bits per heavy atom. The molecule has 0 atom stereocenters. The maximum absolute atomic E-state index is 12.1. The van der Waals surface area contributed by atoms with Crippen molar-refractivity contribution in [1.29, 1.82) is 0 Å². The van der Waals surface area contributed by atoms with Crippen LogP contribution in [0, 0.1) is 5.41 Å². The first-order valence-electron chi connectivity index (χ1n) is 8.59. The summed E-state index contributed by atoms with van der Waals surface area (Å²) in [5.41, 5.74) is 1.94. The van der Waals surface area contributed by atoms with E-state index in [0.29, 0.717) is 19.5 Å². The normalized spacial score (nSPS) is 11.5. The third-order valence-electron chi connectivity index (χ3n) is 4.94. The number of hydrogen-bond acceptors (Lipinski definition) is 3. The molecule has 5 heteroatoms. The molecule has 0 spiro atoms. The molecule has 0 aliphatic rings. The second-order valence-electron chi connectivity index (χ2n) is 6.20. The molecule has 0 aliphatic heterocycles. The number of para-hydroxylation sites is 1. The number of carbonyl (C=O) groups excluding carboxylic acids is 1. The summed E-state index contributed by atoms with van der Waals surface area (Å²) in [6, 6.07) is 9.65. The monoisotopic (exact) mass is 329 g/mol. The van der Waals surface area contributed by atoms with E-state index in [-0.39, 0.29) is 18.1 Å². The Balaban J connectivity index is 1.93. The van der Waals surface area contributed by atoms with Gasteiger partial charge in [0.15, 0.2) is 0 Å². The molecule has 1 aromatic heterocycles. The largest absolute Gasteiger partial charge is 0.396 e. The van der Waals surface area contributed by atoms with E-state index in [1.807, 2.05) is 30.3 Å². The number of aromatic nitrogens is 1. The van der Waals surface area contributed by atoms with Gasteiger partial charge in [0, 0.05) is 31.3 Å². The van der Waals surface area contributed by atoms with Gasteiger partial charge in [0.25, 0.3) is 0 Å². The summed E-state index contributed by atoms with van der Waals surface area (Å²) in [6.07, 6.45) is 4.33. The van der Waals surface area contributed by atoms with Crippen molar-refractivity contribution in [1.82, 2.24) is 15.6 Å². The van der Waals surface area contributed by atoms with Crippen molar-refractivity contribution < 1.29 is 9.90 Å². The SMILES string of the molecule is CCC(CC)(CCO)CNC(=O)NCc1ccnc2ccccc12. The Kier molecular flexibility index (Phi) is 6.55. The average Bonchev–Trinajstić information content (AvgIpc) is 2.63. The smallest absolute Gasteiger partial charge is 0.315 e. The zero-order chi connectivity index (χ0) is 17.4. The number of urea groups is 1. The molecule has 1 heterocycles. The van der Waals surface area contributed by atoms with Crippen LogP contribution in [0.5, 0.6) is 0 Å². The molecule has 24 heavy (non-hydrogen) atoms. The number of carbonyl (C=O) groups is 1. The highest BCUT2D eigenvalue weighted by atomic mass is 16.3. The molecule has 2 amide bonds. The number of fused-ring (bicyclic) bond motifs is 1. The highest BCUT2D eigenvalue weighted by Gasteiger charge is 2.26. The molecule has 0 radical (unpaired) electrons. The van der Waals surface area contributed by atoms with Gasteiger partial charge in [0.05, 0.1) is 5.52 Å². The number of rotatable bonds is 8.